The zero-order valence-corrected chi connectivity index (χ0v) is 8.64. The van der Waals surface area contributed by atoms with Gasteiger partial charge in [0.25, 0.3) is 0 Å². The second-order valence-electron chi connectivity index (χ2n) is 3.78. The van der Waals surface area contributed by atoms with E-state index in [1.54, 1.807) is 18.2 Å². The van der Waals surface area contributed by atoms with Crippen molar-refractivity contribution >= 4 is 16.9 Å². The van der Waals surface area contributed by atoms with Gasteiger partial charge in [-0.3, -0.25) is 4.68 Å². The monoisotopic (exact) mass is 204 g/mol. The van der Waals surface area contributed by atoms with E-state index in [-0.39, 0.29) is 6.04 Å². The van der Waals surface area contributed by atoms with Crippen LogP contribution in [0.5, 0.6) is 0 Å². The summed E-state index contributed by atoms with van der Waals surface area (Å²) in [6.07, 6.45) is 1.87. The summed E-state index contributed by atoms with van der Waals surface area (Å²) in [7, 11) is 0. The van der Waals surface area contributed by atoms with E-state index in [1.807, 2.05) is 24.7 Å². The smallest absolute Gasteiger partial charge is 0.335 e. The number of benzene rings is 1. The van der Waals surface area contributed by atoms with E-state index in [9.17, 15) is 4.79 Å². The number of aromatic nitrogens is 2. The fourth-order valence-corrected chi connectivity index (χ4v) is 1.44. The minimum Gasteiger partial charge on any atom is -0.478 e. The number of hydrogen-bond donors (Lipinski definition) is 1. The van der Waals surface area contributed by atoms with Gasteiger partial charge < -0.3 is 5.11 Å². The molecule has 0 aliphatic rings. The molecular formula is C11H12N2O2. The normalized spacial score (nSPS) is 11.1. The van der Waals surface area contributed by atoms with E-state index in [0.29, 0.717) is 5.56 Å². The topological polar surface area (TPSA) is 55.1 Å². The molecule has 4 nitrogen and oxygen atoms in total. The summed E-state index contributed by atoms with van der Waals surface area (Å²) in [5.41, 5.74) is 1.12. The quantitative estimate of drug-likeness (QED) is 0.816. The number of nitrogens with zero attached hydrogens (tertiary/aromatic N) is 2. The number of hydrogen-bond acceptors (Lipinski definition) is 2. The molecule has 1 aromatic carbocycles. The first-order valence-corrected chi connectivity index (χ1v) is 4.80. The van der Waals surface area contributed by atoms with Gasteiger partial charge in [0.05, 0.1) is 11.1 Å². The molecule has 1 N–H and O–H groups in total. The number of carboxylic acid groups (broad SMARTS) is 1. The van der Waals surface area contributed by atoms with Crippen LogP contribution in [0.4, 0.5) is 0 Å². The van der Waals surface area contributed by atoms with E-state index in [1.165, 1.54) is 0 Å². The minimum absolute atomic E-state index is 0.283. The van der Waals surface area contributed by atoms with Crippen molar-refractivity contribution in [3.63, 3.8) is 0 Å². The SMILES string of the molecule is CC(C)n1cc2cc(C(=O)O)ccc2n1. The second kappa shape index (κ2) is 3.38. The molecule has 0 bridgehead atoms. The standard InChI is InChI=1S/C11H12N2O2/c1-7(2)13-6-9-5-8(11(14)15)3-4-10(9)12-13/h3-7H,1-2H3,(H,14,15). The Balaban J connectivity index is 2.57. The van der Waals surface area contributed by atoms with Gasteiger partial charge in [-0.05, 0) is 32.0 Å². The van der Waals surface area contributed by atoms with Gasteiger partial charge in [0.2, 0.25) is 0 Å². The summed E-state index contributed by atoms with van der Waals surface area (Å²) in [4.78, 5) is 10.8. The molecule has 0 unspecified atom stereocenters. The summed E-state index contributed by atoms with van der Waals surface area (Å²) < 4.78 is 1.83. The summed E-state index contributed by atoms with van der Waals surface area (Å²) in [5.74, 6) is -0.908. The average molecular weight is 204 g/mol. The van der Waals surface area contributed by atoms with Crippen molar-refractivity contribution in [3.05, 3.63) is 30.0 Å². The lowest BCUT2D eigenvalue weighted by atomic mass is 10.2. The third kappa shape index (κ3) is 1.70. The van der Waals surface area contributed by atoms with Crippen LogP contribution in [0.1, 0.15) is 30.2 Å². The van der Waals surface area contributed by atoms with Crippen LogP contribution in [0.15, 0.2) is 24.4 Å². The molecule has 2 aromatic rings. The third-order valence-electron chi connectivity index (χ3n) is 2.30. The van der Waals surface area contributed by atoms with Crippen molar-refractivity contribution in [2.75, 3.05) is 0 Å². The summed E-state index contributed by atoms with van der Waals surface area (Å²) in [6.45, 7) is 4.06. The van der Waals surface area contributed by atoms with Crippen LogP contribution >= 0.6 is 0 Å². The molecule has 2 rings (SSSR count). The van der Waals surface area contributed by atoms with Crippen LogP contribution in [0, 0.1) is 0 Å². The van der Waals surface area contributed by atoms with Crippen molar-refractivity contribution in [2.45, 2.75) is 19.9 Å². The van der Waals surface area contributed by atoms with Crippen LogP contribution in [0.2, 0.25) is 0 Å². The maximum atomic E-state index is 10.8. The molecule has 15 heavy (non-hydrogen) atoms. The van der Waals surface area contributed by atoms with Crippen molar-refractivity contribution in [3.8, 4) is 0 Å². The lowest BCUT2D eigenvalue weighted by Gasteiger charge is -2.02. The maximum Gasteiger partial charge on any atom is 0.335 e. The molecule has 0 saturated heterocycles. The highest BCUT2D eigenvalue weighted by atomic mass is 16.4. The Kier molecular flexibility index (Phi) is 2.19. The highest BCUT2D eigenvalue weighted by Gasteiger charge is 2.07. The molecule has 0 aliphatic heterocycles. The molecule has 1 aromatic heterocycles. The number of rotatable bonds is 2. The molecule has 0 amide bonds. The van der Waals surface area contributed by atoms with Gasteiger partial charge in [0.1, 0.15) is 0 Å². The minimum atomic E-state index is -0.908. The van der Waals surface area contributed by atoms with E-state index >= 15 is 0 Å². The zero-order chi connectivity index (χ0) is 11.0. The first-order chi connectivity index (χ1) is 7.08. The Morgan fingerprint density at radius 1 is 1.47 bits per heavy atom. The Labute approximate surface area is 87.1 Å². The lowest BCUT2D eigenvalue weighted by molar-refractivity contribution is 0.0697. The Morgan fingerprint density at radius 3 is 2.80 bits per heavy atom. The van der Waals surface area contributed by atoms with Crippen molar-refractivity contribution in [1.29, 1.82) is 0 Å². The van der Waals surface area contributed by atoms with E-state index < -0.39 is 5.97 Å². The Hall–Kier alpha value is -1.84. The van der Waals surface area contributed by atoms with Crippen LogP contribution in [-0.4, -0.2) is 20.9 Å². The molecular weight excluding hydrogens is 192 g/mol. The molecule has 0 radical (unpaired) electrons. The highest BCUT2D eigenvalue weighted by molar-refractivity contribution is 5.93. The second-order valence-corrected chi connectivity index (χ2v) is 3.78. The molecule has 0 aliphatic carbocycles. The Morgan fingerprint density at radius 2 is 2.20 bits per heavy atom. The fourth-order valence-electron chi connectivity index (χ4n) is 1.44. The number of fused-ring (bicyclic) bond motifs is 1. The summed E-state index contributed by atoms with van der Waals surface area (Å²) >= 11 is 0. The van der Waals surface area contributed by atoms with Gasteiger partial charge in [0.15, 0.2) is 0 Å². The molecule has 78 valence electrons. The van der Waals surface area contributed by atoms with Gasteiger partial charge in [-0.15, -0.1) is 0 Å². The predicted octanol–water partition coefficient (Wildman–Crippen LogP) is 2.32. The number of carboxylic acids is 1. The molecule has 0 spiro atoms. The van der Waals surface area contributed by atoms with Gasteiger partial charge in [-0.2, -0.15) is 5.10 Å². The highest BCUT2D eigenvalue weighted by Crippen LogP contribution is 2.16. The number of aromatic carboxylic acids is 1. The van der Waals surface area contributed by atoms with Crippen LogP contribution in [-0.2, 0) is 0 Å². The molecule has 1 heterocycles. The molecule has 0 saturated carbocycles. The molecule has 4 heteroatoms. The van der Waals surface area contributed by atoms with Crippen LogP contribution in [0.25, 0.3) is 10.9 Å². The summed E-state index contributed by atoms with van der Waals surface area (Å²) in [5, 5.41) is 14.0. The van der Waals surface area contributed by atoms with E-state index in [2.05, 4.69) is 5.10 Å². The zero-order valence-electron chi connectivity index (χ0n) is 8.64. The predicted molar refractivity (Wildman–Crippen MR) is 57.1 cm³/mol. The first-order valence-electron chi connectivity index (χ1n) is 4.80. The van der Waals surface area contributed by atoms with E-state index in [0.717, 1.165) is 10.9 Å². The van der Waals surface area contributed by atoms with Crippen molar-refractivity contribution in [2.24, 2.45) is 0 Å². The van der Waals surface area contributed by atoms with Crippen LogP contribution in [0.3, 0.4) is 0 Å². The van der Waals surface area contributed by atoms with Gasteiger partial charge in [0, 0.05) is 17.6 Å². The lowest BCUT2D eigenvalue weighted by Crippen LogP contribution is -1.99. The molecule has 0 fully saturated rings. The maximum absolute atomic E-state index is 10.8. The van der Waals surface area contributed by atoms with Gasteiger partial charge in [-0.1, -0.05) is 0 Å². The van der Waals surface area contributed by atoms with Gasteiger partial charge >= 0.3 is 5.97 Å². The Bertz CT molecular complexity index is 514. The third-order valence-corrected chi connectivity index (χ3v) is 2.30. The van der Waals surface area contributed by atoms with Crippen molar-refractivity contribution < 1.29 is 9.90 Å². The van der Waals surface area contributed by atoms with Crippen molar-refractivity contribution in [1.82, 2.24) is 9.78 Å². The van der Waals surface area contributed by atoms with Gasteiger partial charge in [-0.25, -0.2) is 4.79 Å². The fraction of sp³-hybridized carbons (Fsp3) is 0.273. The first kappa shape index (κ1) is 9.71. The average Bonchev–Trinajstić information content (AvgIpc) is 2.59. The van der Waals surface area contributed by atoms with E-state index in [4.69, 9.17) is 5.11 Å². The number of carbonyl (C=O) groups is 1. The molecule has 0 atom stereocenters. The largest absolute Gasteiger partial charge is 0.478 e. The summed E-state index contributed by atoms with van der Waals surface area (Å²) in [6, 6.07) is 5.23. The van der Waals surface area contributed by atoms with Crippen LogP contribution < -0.4 is 0 Å².